The number of aryl methyl sites for hydroxylation is 1. The Morgan fingerprint density at radius 1 is 1.37 bits per heavy atom. The van der Waals surface area contributed by atoms with Crippen LogP contribution in [-0.4, -0.2) is 5.91 Å². The van der Waals surface area contributed by atoms with Gasteiger partial charge in [-0.2, -0.15) is 0 Å². The Hall–Kier alpha value is -1.13. The zero-order valence-electron chi connectivity index (χ0n) is 10.7. The van der Waals surface area contributed by atoms with Crippen molar-refractivity contribution in [2.45, 2.75) is 25.8 Å². The predicted octanol–water partition coefficient (Wildman–Crippen LogP) is 4.32. The van der Waals surface area contributed by atoms with Gasteiger partial charge in [-0.3, -0.25) is 4.79 Å². The summed E-state index contributed by atoms with van der Waals surface area (Å²) in [6, 6.07) is 12.2. The van der Waals surface area contributed by atoms with Crippen molar-refractivity contribution in [3.05, 3.63) is 56.7 Å². The van der Waals surface area contributed by atoms with Crippen LogP contribution in [0.2, 0.25) is 0 Å². The van der Waals surface area contributed by atoms with Crippen LogP contribution in [0.4, 0.5) is 0 Å². The van der Waals surface area contributed by atoms with Crippen molar-refractivity contribution in [1.29, 1.82) is 0 Å². The molecule has 0 spiro atoms. The van der Waals surface area contributed by atoms with Gasteiger partial charge in [-0.05, 0) is 42.5 Å². The van der Waals surface area contributed by atoms with Gasteiger partial charge in [-0.15, -0.1) is 11.3 Å². The third kappa shape index (κ3) is 4.48. The number of rotatable bonds is 5. The lowest BCUT2D eigenvalue weighted by molar-refractivity contribution is -0.121. The molecule has 1 atom stereocenters. The summed E-state index contributed by atoms with van der Waals surface area (Å²) in [5.74, 6) is 0.0980. The molecule has 0 saturated carbocycles. The normalized spacial score (nSPS) is 12.1. The molecule has 1 aromatic heterocycles. The van der Waals surface area contributed by atoms with Crippen molar-refractivity contribution in [2.24, 2.45) is 0 Å². The molecule has 2 aromatic rings. The van der Waals surface area contributed by atoms with Crippen molar-refractivity contribution in [1.82, 2.24) is 5.32 Å². The first kappa shape index (κ1) is 14.3. The number of carbonyl (C=O) groups is 1. The van der Waals surface area contributed by atoms with Gasteiger partial charge in [0.15, 0.2) is 0 Å². The molecular formula is C15H16BrNOS. The second kappa shape index (κ2) is 6.87. The average molecular weight is 338 g/mol. The number of nitrogens with one attached hydrogen (secondary N) is 1. The van der Waals surface area contributed by atoms with E-state index in [1.54, 1.807) is 11.3 Å². The molecule has 0 radical (unpaired) electrons. The van der Waals surface area contributed by atoms with E-state index in [9.17, 15) is 4.79 Å². The van der Waals surface area contributed by atoms with Crippen molar-refractivity contribution in [2.75, 3.05) is 0 Å². The largest absolute Gasteiger partial charge is 0.349 e. The lowest BCUT2D eigenvalue weighted by Crippen LogP contribution is -2.26. The predicted molar refractivity (Wildman–Crippen MR) is 83.3 cm³/mol. The van der Waals surface area contributed by atoms with Crippen molar-refractivity contribution in [3.8, 4) is 0 Å². The van der Waals surface area contributed by atoms with Gasteiger partial charge in [0, 0.05) is 15.8 Å². The van der Waals surface area contributed by atoms with Crippen LogP contribution in [0, 0.1) is 0 Å². The van der Waals surface area contributed by atoms with Crippen LogP contribution in [0.3, 0.4) is 0 Å². The fourth-order valence-electron chi connectivity index (χ4n) is 1.87. The molecule has 1 amide bonds. The van der Waals surface area contributed by atoms with Gasteiger partial charge in [-0.25, -0.2) is 0 Å². The van der Waals surface area contributed by atoms with Crippen LogP contribution in [0.5, 0.6) is 0 Å². The van der Waals surface area contributed by atoms with Gasteiger partial charge >= 0.3 is 0 Å². The van der Waals surface area contributed by atoms with E-state index in [4.69, 9.17) is 0 Å². The fraction of sp³-hybridized carbons (Fsp3) is 0.267. The highest BCUT2D eigenvalue weighted by Gasteiger charge is 2.10. The van der Waals surface area contributed by atoms with Gasteiger partial charge in [0.1, 0.15) is 0 Å². The minimum absolute atomic E-state index is 0.0926. The number of thiophene rings is 1. The zero-order valence-corrected chi connectivity index (χ0v) is 13.1. The summed E-state index contributed by atoms with van der Waals surface area (Å²) < 4.78 is 1.05. The van der Waals surface area contributed by atoms with E-state index in [0.29, 0.717) is 6.42 Å². The van der Waals surface area contributed by atoms with Crippen molar-refractivity contribution in [3.63, 3.8) is 0 Å². The SMILES string of the molecule is CC(NC(=O)CCc1cccc(Br)c1)c1cccs1. The first-order valence-electron chi connectivity index (χ1n) is 6.22. The molecular weight excluding hydrogens is 322 g/mol. The van der Waals surface area contributed by atoms with Crippen LogP contribution in [-0.2, 0) is 11.2 Å². The van der Waals surface area contributed by atoms with Gasteiger partial charge in [0.2, 0.25) is 5.91 Å². The lowest BCUT2D eigenvalue weighted by atomic mass is 10.1. The van der Waals surface area contributed by atoms with Crippen LogP contribution in [0.1, 0.15) is 29.8 Å². The molecule has 1 unspecified atom stereocenters. The maximum Gasteiger partial charge on any atom is 0.220 e. The Balaban J connectivity index is 1.82. The number of amides is 1. The summed E-state index contributed by atoms with van der Waals surface area (Å²) in [6.45, 7) is 2.02. The quantitative estimate of drug-likeness (QED) is 0.864. The van der Waals surface area contributed by atoms with E-state index >= 15 is 0 Å². The summed E-state index contributed by atoms with van der Waals surface area (Å²) in [7, 11) is 0. The maximum atomic E-state index is 11.9. The number of halogens is 1. The molecule has 2 nitrogen and oxygen atoms in total. The van der Waals surface area contributed by atoms with Gasteiger partial charge in [-0.1, -0.05) is 34.1 Å². The van der Waals surface area contributed by atoms with Crippen LogP contribution < -0.4 is 5.32 Å². The smallest absolute Gasteiger partial charge is 0.220 e. The summed E-state index contributed by atoms with van der Waals surface area (Å²) >= 11 is 5.10. The number of hydrogen-bond donors (Lipinski definition) is 1. The number of benzene rings is 1. The van der Waals surface area contributed by atoms with Crippen molar-refractivity contribution < 1.29 is 4.79 Å². The summed E-state index contributed by atoms with van der Waals surface area (Å²) in [4.78, 5) is 13.1. The van der Waals surface area contributed by atoms with E-state index in [1.807, 2.05) is 42.6 Å². The molecule has 0 fully saturated rings. The topological polar surface area (TPSA) is 29.1 Å². The molecule has 4 heteroatoms. The maximum absolute atomic E-state index is 11.9. The van der Waals surface area contributed by atoms with Crippen LogP contribution in [0.25, 0.3) is 0 Å². The minimum atomic E-state index is 0.0926. The monoisotopic (exact) mass is 337 g/mol. The number of hydrogen-bond acceptors (Lipinski definition) is 2. The molecule has 0 aliphatic heterocycles. The second-order valence-electron chi connectivity index (χ2n) is 4.43. The summed E-state index contributed by atoms with van der Waals surface area (Å²) in [5, 5.41) is 5.05. The van der Waals surface area contributed by atoms with Crippen molar-refractivity contribution >= 4 is 33.2 Å². The molecule has 0 aliphatic rings. The average Bonchev–Trinajstić information content (AvgIpc) is 2.90. The molecule has 2 rings (SSSR count). The Bertz CT molecular complexity index is 539. The van der Waals surface area contributed by atoms with E-state index in [2.05, 4.69) is 27.3 Å². The highest BCUT2D eigenvalue weighted by Crippen LogP contribution is 2.18. The minimum Gasteiger partial charge on any atom is -0.349 e. The molecule has 1 aromatic carbocycles. The van der Waals surface area contributed by atoms with Gasteiger partial charge in [0.25, 0.3) is 0 Å². The highest BCUT2D eigenvalue weighted by atomic mass is 79.9. The van der Waals surface area contributed by atoms with E-state index in [1.165, 1.54) is 10.4 Å². The Kier molecular flexibility index (Phi) is 5.16. The molecule has 100 valence electrons. The van der Waals surface area contributed by atoms with E-state index < -0.39 is 0 Å². The highest BCUT2D eigenvalue weighted by molar-refractivity contribution is 9.10. The second-order valence-corrected chi connectivity index (χ2v) is 6.33. The molecule has 0 aliphatic carbocycles. The lowest BCUT2D eigenvalue weighted by Gasteiger charge is -2.12. The first-order valence-corrected chi connectivity index (χ1v) is 7.89. The van der Waals surface area contributed by atoms with Gasteiger partial charge < -0.3 is 5.32 Å². The molecule has 0 bridgehead atoms. The number of carbonyl (C=O) groups excluding carboxylic acids is 1. The van der Waals surface area contributed by atoms with Crippen LogP contribution >= 0.6 is 27.3 Å². The molecule has 1 heterocycles. The van der Waals surface area contributed by atoms with E-state index in [0.717, 1.165) is 10.9 Å². The summed E-state index contributed by atoms with van der Waals surface area (Å²) in [6.07, 6.45) is 1.29. The fourth-order valence-corrected chi connectivity index (χ4v) is 3.05. The molecule has 1 N–H and O–H groups in total. The zero-order chi connectivity index (χ0) is 13.7. The van der Waals surface area contributed by atoms with E-state index in [-0.39, 0.29) is 11.9 Å². The van der Waals surface area contributed by atoms with Gasteiger partial charge in [0.05, 0.1) is 6.04 Å². The summed E-state index contributed by atoms with van der Waals surface area (Å²) in [5.41, 5.74) is 1.17. The van der Waals surface area contributed by atoms with Crippen LogP contribution in [0.15, 0.2) is 46.3 Å². The Morgan fingerprint density at radius 2 is 2.21 bits per heavy atom. The third-order valence-corrected chi connectivity index (χ3v) is 4.43. The Morgan fingerprint density at radius 3 is 2.89 bits per heavy atom. The first-order chi connectivity index (χ1) is 9.15. The molecule has 19 heavy (non-hydrogen) atoms. The molecule has 0 saturated heterocycles. The Labute approximate surface area is 126 Å². The third-order valence-electron chi connectivity index (χ3n) is 2.88. The standard InChI is InChI=1S/C15H16BrNOS/c1-11(14-6-3-9-19-14)17-15(18)8-7-12-4-2-5-13(16)10-12/h2-6,9-11H,7-8H2,1H3,(H,17,18).